The smallest absolute Gasteiger partial charge is 0.191 e. The SMILES string of the molecule is CCNC(=NCC(C)(C)c1cccs1)NCCc1cccc(OC)c1O. The average molecular weight is 376 g/mol. The third kappa shape index (κ3) is 5.39. The minimum absolute atomic E-state index is 0.00157. The minimum Gasteiger partial charge on any atom is -0.504 e. The Hall–Kier alpha value is -2.21. The first-order valence-corrected chi connectivity index (χ1v) is 9.77. The number of hydrogen-bond acceptors (Lipinski definition) is 4. The molecule has 0 bridgehead atoms. The van der Waals surface area contributed by atoms with E-state index in [4.69, 9.17) is 9.73 Å². The van der Waals surface area contributed by atoms with Crippen molar-refractivity contribution in [1.29, 1.82) is 0 Å². The molecule has 0 aliphatic heterocycles. The van der Waals surface area contributed by atoms with E-state index >= 15 is 0 Å². The van der Waals surface area contributed by atoms with E-state index in [1.165, 1.54) is 4.88 Å². The first-order valence-electron chi connectivity index (χ1n) is 8.89. The normalized spacial score (nSPS) is 12.1. The number of nitrogens with zero attached hydrogens (tertiary/aromatic N) is 1. The van der Waals surface area contributed by atoms with Crippen LogP contribution < -0.4 is 15.4 Å². The van der Waals surface area contributed by atoms with E-state index in [2.05, 4.69) is 48.9 Å². The zero-order valence-corrected chi connectivity index (χ0v) is 16.8. The van der Waals surface area contributed by atoms with Crippen LogP contribution in [0.5, 0.6) is 11.5 Å². The highest BCUT2D eigenvalue weighted by Gasteiger charge is 2.21. The van der Waals surface area contributed by atoms with Crippen LogP contribution in [-0.4, -0.2) is 37.8 Å². The van der Waals surface area contributed by atoms with Crippen molar-refractivity contribution >= 4 is 17.3 Å². The molecule has 0 saturated heterocycles. The predicted octanol–water partition coefficient (Wildman–Crippen LogP) is 3.54. The van der Waals surface area contributed by atoms with E-state index in [-0.39, 0.29) is 11.2 Å². The Balaban J connectivity index is 1.96. The maximum atomic E-state index is 10.2. The van der Waals surface area contributed by atoms with Gasteiger partial charge in [-0.05, 0) is 36.4 Å². The fourth-order valence-electron chi connectivity index (χ4n) is 2.61. The van der Waals surface area contributed by atoms with Crippen LogP contribution in [0.4, 0.5) is 0 Å². The second kappa shape index (κ2) is 9.48. The lowest BCUT2D eigenvalue weighted by molar-refractivity contribution is 0.370. The van der Waals surface area contributed by atoms with Crippen molar-refractivity contribution in [3.63, 3.8) is 0 Å². The quantitative estimate of drug-likeness (QED) is 0.488. The van der Waals surface area contributed by atoms with Crippen LogP contribution in [0.3, 0.4) is 0 Å². The molecule has 1 heterocycles. The summed E-state index contributed by atoms with van der Waals surface area (Å²) in [6.45, 7) is 8.64. The molecule has 142 valence electrons. The molecule has 0 saturated carbocycles. The molecule has 2 aromatic rings. The van der Waals surface area contributed by atoms with Gasteiger partial charge in [0.15, 0.2) is 17.5 Å². The van der Waals surface area contributed by atoms with Gasteiger partial charge in [0.2, 0.25) is 0 Å². The van der Waals surface area contributed by atoms with Crippen LogP contribution >= 0.6 is 11.3 Å². The number of aromatic hydroxyl groups is 1. The number of guanidine groups is 1. The molecule has 5 nitrogen and oxygen atoms in total. The van der Waals surface area contributed by atoms with Gasteiger partial charge in [0.05, 0.1) is 13.7 Å². The first kappa shape index (κ1) is 20.1. The molecule has 0 radical (unpaired) electrons. The molecule has 1 aromatic carbocycles. The highest BCUT2D eigenvalue weighted by Crippen LogP contribution is 2.29. The van der Waals surface area contributed by atoms with Gasteiger partial charge < -0.3 is 20.5 Å². The summed E-state index contributed by atoms with van der Waals surface area (Å²) in [5, 5.41) is 18.9. The maximum Gasteiger partial charge on any atom is 0.191 e. The number of phenols is 1. The molecule has 0 unspecified atom stereocenters. The third-order valence-electron chi connectivity index (χ3n) is 4.15. The second-order valence-corrected chi connectivity index (χ2v) is 7.65. The lowest BCUT2D eigenvalue weighted by Crippen LogP contribution is -2.39. The molecule has 0 spiro atoms. The van der Waals surface area contributed by atoms with Crippen LogP contribution in [-0.2, 0) is 11.8 Å². The van der Waals surface area contributed by atoms with Gasteiger partial charge >= 0.3 is 0 Å². The van der Waals surface area contributed by atoms with Gasteiger partial charge in [0.1, 0.15) is 0 Å². The monoisotopic (exact) mass is 375 g/mol. The molecule has 0 amide bonds. The summed E-state index contributed by atoms with van der Waals surface area (Å²) in [6, 6.07) is 9.78. The van der Waals surface area contributed by atoms with Gasteiger partial charge in [0.25, 0.3) is 0 Å². The number of ether oxygens (including phenoxy) is 1. The number of benzene rings is 1. The summed E-state index contributed by atoms with van der Waals surface area (Å²) < 4.78 is 5.16. The molecule has 0 atom stereocenters. The zero-order valence-electron chi connectivity index (χ0n) is 16.0. The van der Waals surface area contributed by atoms with E-state index in [1.54, 1.807) is 24.5 Å². The fraction of sp³-hybridized carbons (Fsp3) is 0.450. The summed E-state index contributed by atoms with van der Waals surface area (Å²) in [6.07, 6.45) is 0.682. The number of phenolic OH excluding ortho intramolecular Hbond substituents is 1. The topological polar surface area (TPSA) is 65.9 Å². The predicted molar refractivity (Wildman–Crippen MR) is 110 cm³/mol. The second-order valence-electron chi connectivity index (χ2n) is 6.70. The highest BCUT2D eigenvalue weighted by molar-refractivity contribution is 7.10. The standard InChI is InChI=1S/C20H29N3O2S/c1-5-21-19(23-14-20(2,3)17-10-7-13-26-17)22-12-11-15-8-6-9-16(25-4)18(15)24/h6-10,13,24H,5,11-12,14H2,1-4H3,(H2,21,22,23). The number of nitrogens with one attached hydrogen (secondary N) is 2. The molecule has 1 aromatic heterocycles. The van der Waals surface area contributed by atoms with Gasteiger partial charge in [0, 0.05) is 23.4 Å². The Kier molecular flexibility index (Phi) is 7.33. The van der Waals surface area contributed by atoms with Crippen molar-refractivity contribution in [1.82, 2.24) is 10.6 Å². The van der Waals surface area contributed by atoms with E-state index in [0.29, 0.717) is 25.3 Å². The van der Waals surface area contributed by atoms with Crippen molar-refractivity contribution in [3.8, 4) is 11.5 Å². The number of rotatable bonds is 8. The maximum absolute atomic E-state index is 10.2. The molecule has 6 heteroatoms. The largest absolute Gasteiger partial charge is 0.504 e. The summed E-state index contributed by atoms with van der Waals surface area (Å²) in [7, 11) is 1.56. The fourth-order valence-corrected chi connectivity index (χ4v) is 3.45. The Morgan fingerprint density at radius 3 is 2.69 bits per heavy atom. The Labute approximate surface area is 160 Å². The number of thiophene rings is 1. The van der Waals surface area contributed by atoms with Gasteiger partial charge in [-0.15, -0.1) is 11.3 Å². The molecule has 3 N–H and O–H groups in total. The first-order chi connectivity index (χ1) is 12.5. The van der Waals surface area contributed by atoms with E-state index < -0.39 is 0 Å². The van der Waals surface area contributed by atoms with Crippen molar-refractivity contribution in [2.75, 3.05) is 26.7 Å². The van der Waals surface area contributed by atoms with Crippen molar-refractivity contribution in [3.05, 3.63) is 46.2 Å². The third-order valence-corrected chi connectivity index (χ3v) is 5.39. The Morgan fingerprint density at radius 1 is 1.23 bits per heavy atom. The zero-order chi connectivity index (χ0) is 19.0. The molecular weight excluding hydrogens is 346 g/mol. The van der Waals surface area contributed by atoms with E-state index in [1.807, 2.05) is 12.1 Å². The lowest BCUT2D eigenvalue weighted by Gasteiger charge is -2.22. The summed E-state index contributed by atoms with van der Waals surface area (Å²) in [4.78, 5) is 6.07. The minimum atomic E-state index is 0.00157. The van der Waals surface area contributed by atoms with Crippen LogP contribution in [0, 0.1) is 0 Å². The van der Waals surface area contributed by atoms with Gasteiger partial charge in [-0.25, -0.2) is 0 Å². The van der Waals surface area contributed by atoms with Crippen LogP contribution in [0.1, 0.15) is 31.2 Å². The summed E-state index contributed by atoms with van der Waals surface area (Å²) in [5.41, 5.74) is 0.855. The van der Waals surface area contributed by atoms with Crippen LogP contribution in [0.15, 0.2) is 40.7 Å². The van der Waals surface area contributed by atoms with Crippen LogP contribution in [0.2, 0.25) is 0 Å². The lowest BCUT2D eigenvalue weighted by atomic mass is 9.92. The average Bonchev–Trinajstić information content (AvgIpc) is 3.17. The van der Waals surface area contributed by atoms with Gasteiger partial charge in [-0.3, -0.25) is 4.99 Å². The highest BCUT2D eigenvalue weighted by atomic mass is 32.1. The van der Waals surface area contributed by atoms with Crippen molar-refractivity contribution < 1.29 is 9.84 Å². The number of hydrogen-bond donors (Lipinski definition) is 3. The van der Waals surface area contributed by atoms with Crippen molar-refractivity contribution in [2.24, 2.45) is 4.99 Å². The molecule has 26 heavy (non-hydrogen) atoms. The molecular formula is C20H29N3O2S. The summed E-state index contributed by atoms with van der Waals surface area (Å²) in [5.74, 6) is 1.50. The number of methoxy groups -OCH3 is 1. The Morgan fingerprint density at radius 2 is 2.04 bits per heavy atom. The molecule has 0 fully saturated rings. The molecule has 2 rings (SSSR count). The van der Waals surface area contributed by atoms with E-state index in [0.717, 1.165) is 18.1 Å². The molecule has 0 aliphatic rings. The van der Waals surface area contributed by atoms with Gasteiger partial charge in [-0.2, -0.15) is 0 Å². The van der Waals surface area contributed by atoms with E-state index in [9.17, 15) is 5.11 Å². The van der Waals surface area contributed by atoms with Crippen molar-refractivity contribution in [2.45, 2.75) is 32.6 Å². The molecule has 0 aliphatic carbocycles. The number of para-hydroxylation sites is 1. The number of aliphatic imine (C=N–C) groups is 1. The van der Waals surface area contributed by atoms with Crippen LogP contribution in [0.25, 0.3) is 0 Å². The van der Waals surface area contributed by atoms with Gasteiger partial charge in [-0.1, -0.05) is 32.0 Å². The Bertz CT molecular complexity index is 712. The summed E-state index contributed by atoms with van der Waals surface area (Å²) >= 11 is 1.77.